The molecule has 0 saturated carbocycles. The zero-order chi connectivity index (χ0) is 18.1. The number of sulfonamides is 1. The molecule has 7 heteroatoms. The molecule has 26 heavy (non-hydrogen) atoms. The molecule has 0 atom stereocenters. The summed E-state index contributed by atoms with van der Waals surface area (Å²) in [7, 11) is -3.63. The predicted octanol–water partition coefficient (Wildman–Crippen LogP) is 1.91. The Morgan fingerprint density at radius 3 is 2.35 bits per heavy atom. The molecule has 0 radical (unpaired) electrons. The molecule has 6 nitrogen and oxygen atoms in total. The smallest absolute Gasteiger partial charge is 0.264 e. The van der Waals surface area contributed by atoms with Gasteiger partial charge in [-0.15, -0.1) is 0 Å². The third-order valence-electron chi connectivity index (χ3n) is 4.83. The number of benzene rings is 2. The average molecular weight is 372 g/mol. The maximum Gasteiger partial charge on any atom is 0.264 e. The molecule has 0 aromatic heterocycles. The Hall–Kier alpha value is -2.38. The standard InChI is InChI=1S/C19H20N2O4S/c22-19(20-11-13-25-14-12-20)16-5-7-17(8-6-16)26(23,24)21-10-9-15-3-1-2-4-18(15)21/h1-8H,9-14H2. The number of ether oxygens (including phenoxy) is 1. The van der Waals surface area contributed by atoms with Crippen molar-refractivity contribution in [1.29, 1.82) is 0 Å². The number of amides is 1. The number of rotatable bonds is 3. The number of para-hydroxylation sites is 1. The van der Waals surface area contributed by atoms with Gasteiger partial charge in [-0.05, 0) is 42.3 Å². The van der Waals surface area contributed by atoms with Crippen LogP contribution in [0.4, 0.5) is 5.69 Å². The van der Waals surface area contributed by atoms with Crippen molar-refractivity contribution in [3.05, 3.63) is 59.7 Å². The summed E-state index contributed by atoms with van der Waals surface area (Å²) < 4.78 is 32.7. The first-order chi connectivity index (χ1) is 12.6. The molecule has 0 N–H and O–H groups in total. The molecular weight excluding hydrogens is 352 g/mol. The van der Waals surface area contributed by atoms with E-state index < -0.39 is 10.0 Å². The lowest BCUT2D eigenvalue weighted by atomic mass is 10.2. The van der Waals surface area contributed by atoms with Crippen LogP contribution in [0, 0.1) is 0 Å². The van der Waals surface area contributed by atoms with Gasteiger partial charge in [0.05, 0.1) is 23.8 Å². The maximum absolute atomic E-state index is 13.0. The van der Waals surface area contributed by atoms with Gasteiger partial charge in [0.25, 0.3) is 15.9 Å². The SMILES string of the molecule is O=C(c1ccc(S(=O)(=O)N2CCc3ccccc32)cc1)N1CCOCC1. The van der Waals surface area contributed by atoms with Gasteiger partial charge in [-0.2, -0.15) is 0 Å². The minimum absolute atomic E-state index is 0.0937. The molecule has 2 aliphatic rings. The van der Waals surface area contributed by atoms with E-state index in [1.54, 1.807) is 17.0 Å². The second-order valence-electron chi connectivity index (χ2n) is 6.38. The lowest BCUT2D eigenvalue weighted by Crippen LogP contribution is -2.40. The molecule has 0 spiro atoms. The van der Waals surface area contributed by atoms with Gasteiger partial charge >= 0.3 is 0 Å². The summed E-state index contributed by atoms with van der Waals surface area (Å²) in [4.78, 5) is 14.4. The molecule has 0 aliphatic carbocycles. The Balaban J connectivity index is 1.57. The zero-order valence-electron chi connectivity index (χ0n) is 14.3. The quantitative estimate of drug-likeness (QED) is 0.826. The fourth-order valence-electron chi connectivity index (χ4n) is 3.40. The lowest BCUT2D eigenvalue weighted by molar-refractivity contribution is 0.0303. The summed E-state index contributed by atoms with van der Waals surface area (Å²) in [5.41, 5.74) is 2.27. The van der Waals surface area contributed by atoms with Crippen LogP contribution < -0.4 is 4.31 Å². The van der Waals surface area contributed by atoms with E-state index >= 15 is 0 Å². The van der Waals surface area contributed by atoms with E-state index in [4.69, 9.17) is 4.74 Å². The molecule has 0 bridgehead atoms. The van der Waals surface area contributed by atoms with Gasteiger partial charge in [0.1, 0.15) is 0 Å². The fourth-order valence-corrected chi connectivity index (χ4v) is 4.91. The molecule has 1 saturated heterocycles. The third-order valence-corrected chi connectivity index (χ3v) is 6.66. The maximum atomic E-state index is 13.0. The van der Waals surface area contributed by atoms with Crippen LogP contribution >= 0.6 is 0 Å². The summed E-state index contributed by atoms with van der Waals surface area (Å²) in [5.74, 6) is -0.0937. The lowest BCUT2D eigenvalue weighted by Gasteiger charge is -2.27. The highest BCUT2D eigenvalue weighted by Gasteiger charge is 2.30. The summed E-state index contributed by atoms with van der Waals surface area (Å²) in [5, 5.41) is 0. The van der Waals surface area contributed by atoms with Gasteiger partial charge in [0.15, 0.2) is 0 Å². The average Bonchev–Trinajstić information content (AvgIpc) is 3.13. The molecule has 2 heterocycles. The van der Waals surface area contributed by atoms with Crippen molar-refractivity contribution >= 4 is 21.6 Å². The van der Waals surface area contributed by atoms with Gasteiger partial charge in [-0.1, -0.05) is 18.2 Å². The number of carbonyl (C=O) groups is 1. The van der Waals surface area contributed by atoms with Gasteiger partial charge < -0.3 is 9.64 Å². The van der Waals surface area contributed by atoms with Crippen LogP contribution in [0.25, 0.3) is 0 Å². The first kappa shape index (κ1) is 17.1. The van der Waals surface area contributed by atoms with Crippen molar-refractivity contribution in [2.45, 2.75) is 11.3 Å². The summed E-state index contributed by atoms with van der Waals surface area (Å²) >= 11 is 0. The number of morpholine rings is 1. The van der Waals surface area contributed by atoms with Crippen LogP contribution in [0.3, 0.4) is 0 Å². The Labute approximate surface area is 153 Å². The fraction of sp³-hybridized carbons (Fsp3) is 0.316. The Morgan fingerprint density at radius 1 is 0.923 bits per heavy atom. The molecule has 1 fully saturated rings. The highest BCUT2D eigenvalue weighted by atomic mass is 32.2. The number of hydrogen-bond acceptors (Lipinski definition) is 4. The highest BCUT2D eigenvalue weighted by Crippen LogP contribution is 2.32. The van der Waals surface area contributed by atoms with Crippen molar-refractivity contribution in [3.63, 3.8) is 0 Å². The van der Waals surface area contributed by atoms with Gasteiger partial charge in [-0.3, -0.25) is 9.10 Å². The van der Waals surface area contributed by atoms with E-state index in [2.05, 4.69) is 0 Å². The van der Waals surface area contributed by atoms with Crippen LogP contribution in [-0.2, 0) is 21.2 Å². The summed E-state index contributed by atoms with van der Waals surface area (Å²) in [6.45, 7) is 2.63. The monoisotopic (exact) mass is 372 g/mol. The molecule has 4 rings (SSSR count). The normalized spacial score (nSPS) is 17.2. The van der Waals surface area contributed by atoms with Crippen LogP contribution in [0.2, 0.25) is 0 Å². The molecule has 0 unspecified atom stereocenters. The molecule has 2 aromatic rings. The number of nitrogens with zero attached hydrogens (tertiary/aromatic N) is 2. The van der Waals surface area contributed by atoms with E-state index in [1.807, 2.05) is 24.3 Å². The number of fused-ring (bicyclic) bond motifs is 1. The van der Waals surface area contributed by atoms with Crippen molar-refractivity contribution in [2.75, 3.05) is 37.2 Å². The van der Waals surface area contributed by atoms with Crippen molar-refractivity contribution in [2.24, 2.45) is 0 Å². The highest BCUT2D eigenvalue weighted by molar-refractivity contribution is 7.92. The van der Waals surface area contributed by atoms with Gasteiger partial charge in [0, 0.05) is 25.2 Å². The van der Waals surface area contributed by atoms with E-state index in [0.717, 1.165) is 11.3 Å². The minimum Gasteiger partial charge on any atom is -0.378 e. The van der Waals surface area contributed by atoms with E-state index in [-0.39, 0.29) is 10.8 Å². The second-order valence-corrected chi connectivity index (χ2v) is 8.25. The number of carbonyl (C=O) groups excluding carboxylic acids is 1. The van der Waals surface area contributed by atoms with E-state index in [0.29, 0.717) is 44.8 Å². The predicted molar refractivity (Wildman–Crippen MR) is 97.8 cm³/mol. The molecule has 136 valence electrons. The van der Waals surface area contributed by atoms with Crippen LogP contribution in [0.5, 0.6) is 0 Å². The number of hydrogen-bond donors (Lipinski definition) is 0. The Kier molecular flexibility index (Phi) is 4.42. The topological polar surface area (TPSA) is 66.9 Å². The molecule has 1 amide bonds. The molecular formula is C19H20N2O4S. The van der Waals surface area contributed by atoms with Crippen molar-refractivity contribution in [3.8, 4) is 0 Å². The van der Waals surface area contributed by atoms with E-state index in [1.165, 1.54) is 16.4 Å². The van der Waals surface area contributed by atoms with E-state index in [9.17, 15) is 13.2 Å². The number of anilines is 1. The zero-order valence-corrected chi connectivity index (χ0v) is 15.1. The van der Waals surface area contributed by atoms with Crippen molar-refractivity contribution in [1.82, 2.24) is 4.90 Å². The van der Waals surface area contributed by atoms with Gasteiger partial charge in [0.2, 0.25) is 0 Å². The first-order valence-corrected chi connectivity index (χ1v) is 10.1. The third kappa shape index (κ3) is 2.97. The molecule has 2 aliphatic heterocycles. The van der Waals surface area contributed by atoms with Crippen LogP contribution in [0.1, 0.15) is 15.9 Å². The molecule has 2 aromatic carbocycles. The summed E-state index contributed by atoms with van der Waals surface area (Å²) in [6.07, 6.45) is 0.711. The minimum atomic E-state index is -3.63. The van der Waals surface area contributed by atoms with Crippen LogP contribution in [0.15, 0.2) is 53.4 Å². The first-order valence-electron chi connectivity index (χ1n) is 8.65. The van der Waals surface area contributed by atoms with Crippen LogP contribution in [-0.4, -0.2) is 52.1 Å². The van der Waals surface area contributed by atoms with Crippen molar-refractivity contribution < 1.29 is 17.9 Å². The largest absolute Gasteiger partial charge is 0.378 e. The van der Waals surface area contributed by atoms with Gasteiger partial charge in [-0.25, -0.2) is 8.42 Å². The Bertz CT molecular complexity index is 919. The summed E-state index contributed by atoms with van der Waals surface area (Å²) in [6, 6.07) is 13.8. The Morgan fingerprint density at radius 2 is 1.62 bits per heavy atom. The second kappa shape index (κ2) is 6.74.